The van der Waals surface area contributed by atoms with E-state index in [4.69, 9.17) is 16.6 Å². The Morgan fingerprint density at radius 3 is 2.91 bits per heavy atom. The van der Waals surface area contributed by atoms with Gasteiger partial charge < -0.3 is 15.4 Å². The van der Waals surface area contributed by atoms with Crippen LogP contribution in [0.2, 0.25) is 5.02 Å². The predicted octanol–water partition coefficient (Wildman–Crippen LogP) is 1.76. The molecule has 0 aliphatic heterocycles. The van der Waals surface area contributed by atoms with Gasteiger partial charge in [-0.25, -0.2) is 9.78 Å². The number of rotatable bonds is 5. The van der Waals surface area contributed by atoms with Crippen molar-refractivity contribution in [2.45, 2.75) is 31.8 Å². The van der Waals surface area contributed by atoms with Crippen LogP contribution in [0, 0.1) is 11.3 Å². The fourth-order valence-corrected chi connectivity index (χ4v) is 3.71. The molecule has 0 saturated heterocycles. The smallest absolute Gasteiger partial charge is 0.326 e. The van der Waals surface area contributed by atoms with Gasteiger partial charge in [-0.3, -0.25) is 9.98 Å². The largest absolute Gasteiger partial charge is 0.493 e. The molecule has 33 heavy (non-hydrogen) atoms. The first-order chi connectivity index (χ1) is 15.9. The van der Waals surface area contributed by atoms with Crippen LogP contribution in [0.15, 0.2) is 40.2 Å². The number of hydrogen-bond donors (Lipinski definition) is 4. The number of nitrogens with one attached hydrogen (secondary N) is 3. The number of fused-ring (bicyclic) bond motifs is 1. The van der Waals surface area contributed by atoms with Crippen molar-refractivity contribution >= 4 is 29.1 Å². The first-order valence-corrected chi connectivity index (χ1v) is 10.7. The molecule has 0 spiro atoms. The molecule has 5 rings (SSSR count). The summed E-state index contributed by atoms with van der Waals surface area (Å²) in [4.78, 5) is 25.7. The Labute approximate surface area is 191 Å². The first-order valence-electron chi connectivity index (χ1n) is 10.3. The average molecular weight is 463 g/mol. The van der Waals surface area contributed by atoms with Crippen LogP contribution in [0.25, 0.3) is 11.7 Å². The van der Waals surface area contributed by atoms with Crippen LogP contribution in [0.1, 0.15) is 42.6 Å². The van der Waals surface area contributed by atoms with Gasteiger partial charge in [0.25, 0.3) is 0 Å². The van der Waals surface area contributed by atoms with Gasteiger partial charge in [0.2, 0.25) is 5.88 Å². The summed E-state index contributed by atoms with van der Waals surface area (Å²) in [6, 6.07) is 9.61. The standard InChI is InChI=1S/C22H19ClN8O2/c1-11(12-3-2-4-14(23)7-12)26-18-16(9-24)20(27-15-5-6-15)31-19(29-18)13(10-25-31)8-17-21(32)30-22(33)28-17/h2-4,7-8,10-11,15,26,32H,5-6H2,1H3,(H2,28,30,33)/b13-8+,27-20?/t11-/m1/s1. The first kappa shape index (κ1) is 20.8. The zero-order valence-electron chi connectivity index (χ0n) is 17.5. The minimum atomic E-state index is -0.530. The topological polar surface area (TPSA) is 147 Å². The van der Waals surface area contributed by atoms with Gasteiger partial charge in [0.15, 0.2) is 17.0 Å². The van der Waals surface area contributed by atoms with E-state index in [-0.39, 0.29) is 29.2 Å². The van der Waals surface area contributed by atoms with E-state index >= 15 is 0 Å². The van der Waals surface area contributed by atoms with Crippen molar-refractivity contribution < 1.29 is 5.11 Å². The third-order valence-electron chi connectivity index (χ3n) is 5.35. The number of aromatic amines is 2. The summed E-state index contributed by atoms with van der Waals surface area (Å²) in [6.07, 6.45) is 5.01. The van der Waals surface area contributed by atoms with Crippen molar-refractivity contribution in [1.82, 2.24) is 24.6 Å². The van der Waals surface area contributed by atoms with E-state index in [1.54, 1.807) is 18.3 Å². The van der Waals surface area contributed by atoms with E-state index in [9.17, 15) is 15.2 Å². The van der Waals surface area contributed by atoms with Crippen molar-refractivity contribution in [3.63, 3.8) is 0 Å². The Hall–Kier alpha value is -4.10. The van der Waals surface area contributed by atoms with Gasteiger partial charge in [0.05, 0.1) is 18.3 Å². The number of aromatic nitrogens is 5. The molecule has 4 N–H and O–H groups in total. The molecular formula is C22H19ClN8O2. The van der Waals surface area contributed by atoms with Crippen molar-refractivity contribution in [3.05, 3.63) is 73.5 Å². The number of nitrogens with zero attached hydrogens (tertiary/aromatic N) is 5. The summed E-state index contributed by atoms with van der Waals surface area (Å²) in [5, 5.41) is 28.7. The number of halogens is 1. The highest BCUT2D eigenvalue weighted by molar-refractivity contribution is 6.30. The average Bonchev–Trinajstić information content (AvgIpc) is 3.43. The normalized spacial score (nSPS) is 15.7. The lowest BCUT2D eigenvalue weighted by Crippen LogP contribution is -2.25. The molecule has 10 nitrogen and oxygen atoms in total. The highest BCUT2D eigenvalue weighted by Crippen LogP contribution is 2.24. The fourth-order valence-electron chi connectivity index (χ4n) is 3.51. The van der Waals surface area contributed by atoms with Crippen LogP contribution in [0.4, 0.5) is 5.82 Å². The minimum Gasteiger partial charge on any atom is -0.493 e. The SMILES string of the molecule is C[C@@H](Nc1nc2/c(=C/c3[nH]c(=O)[nH]c3O)cnn2c(=NC2CC2)c1C#N)c1cccc(Cl)c1. The van der Waals surface area contributed by atoms with E-state index in [0.717, 1.165) is 18.4 Å². The van der Waals surface area contributed by atoms with Crippen LogP contribution in [0.5, 0.6) is 5.88 Å². The molecule has 0 amide bonds. The highest BCUT2D eigenvalue weighted by Gasteiger charge is 2.23. The number of H-pyrrole nitrogens is 2. The molecule has 1 aliphatic carbocycles. The number of benzene rings is 1. The van der Waals surface area contributed by atoms with Crippen LogP contribution >= 0.6 is 11.6 Å². The molecule has 1 aliphatic rings. The molecule has 3 aromatic heterocycles. The van der Waals surface area contributed by atoms with Crippen LogP contribution in [-0.4, -0.2) is 35.7 Å². The quantitative estimate of drug-likeness (QED) is 0.355. The maximum absolute atomic E-state index is 11.5. The van der Waals surface area contributed by atoms with Crippen molar-refractivity contribution in [1.29, 1.82) is 5.26 Å². The molecule has 1 fully saturated rings. The van der Waals surface area contributed by atoms with Gasteiger partial charge >= 0.3 is 5.69 Å². The molecule has 0 radical (unpaired) electrons. The lowest BCUT2D eigenvalue weighted by Gasteiger charge is -2.16. The van der Waals surface area contributed by atoms with E-state index in [1.165, 1.54) is 4.52 Å². The maximum Gasteiger partial charge on any atom is 0.326 e. The molecule has 4 aromatic rings. The maximum atomic E-state index is 11.5. The lowest BCUT2D eigenvalue weighted by molar-refractivity contribution is 0.454. The lowest BCUT2D eigenvalue weighted by atomic mass is 10.1. The Bertz CT molecular complexity index is 1590. The van der Waals surface area contributed by atoms with Crippen molar-refractivity contribution in [3.8, 4) is 11.9 Å². The number of aromatic hydroxyl groups is 1. The molecule has 1 saturated carbocycles. The monoisotopic (exact) mass is 462 g/mol. The summed E-state index contributed by atoms with van der Waals surface area (Å²) in [5.41, 5.74) is 1.73. The summed E-state index contributed by atoms with van der Waals surface area (Å²) >= 11 is 6.14. The molecular weight excluding hydrogens is 444 g/mol. The van der Waals surface area contributed by atoms with Crippen molar-refractivity contribution in [2.24, 2.45) is 4.99 Å². The number of hydrogen-bond acceptors (Lipinski definition) is 7. The number of anilines is 1. The summed E-state index contributed by atoms with van der Waals surface area (Å²) in [7, 11) is 0. The van der Waals surface area contributed by atoms with Crippen LogP contribution in [0.3, 0.4) is 0 Å². The zero-order valence-corrected chi connectivity index (χ0v) is 18.3. The third-order valence-corrected chi connectivity index (χ3v) is 5.59. The molecule has 0 unspecified atom stereocenters. The third kappa shape index (κ3) is 4.06. The van der Waals surface area contributed by atoms with E-state index in [1.807, 2.05) is 25.1 Å². The van der Waals surface area contributed by atoms with Gasteiger partial charge in [-0.1, -0.05) is 23.7 Å². The fraction of sp³-hybridized carbons (Fsp3) is 0.227. The second-order valence-corrected chi connectivity index (χ2v) is 8.31. The molecule has 11 heteroatoms. The Kier molecular flexibility index (Phi) is 5.11. The molecule has 3 heterocycles. The minimum absolute atomic E-state index is 0.141. The van der Waals surface area contributed by atoms with Gasteiger partial charge in [0, 0.05) is 10.2 Å². The van der Waals surface area contributed by atoms with Gasteiger partial charge in [0.1, 0.15) is 17.3 Å². The summed E-state index contributed by atoms with van der Waals surface area (Å²) in [5.74, 6) is 0.0719. The van der Waals surface area contributed by atoms with E-state index in [2.05, 4.69) is 31.4 Å². The molecule has 1 atom stereocenters. The molecule has 166 valence electrons. The van der Waals surface area contributed by atoms with E-state index in [0.29, 0.717) is 27.2 Å². The predicted molar refractivity (Wildman–Crippen MR) is 122 cm³/mol. The zero-order chi connectivity index (χ0) is 23.1. The van der Waals surface area contributed by atoms with Gasteiger partial charge in [-0.05, 0) is 43.5 Å². The number of nitriles is 1. The molecule has 0 bridgehead atoms. The van der Waals surface area contributed by atoms with Gasteiger partial charge in [-0.15, -0.1) is 0 Å². The Morgan fingerprint density at radius 2 is 2.24 bits per heavy atom. The summed E-state index contributed by atoms with van der Waals surface area (Å²) in [6.45, 7) is 1.95. The molecule has 1 aromatic carbocycles. The van der Waals surface area contributed by atoms with Gasteiger partial charge in [-0.2, -0.15) is 14.9 Å². The highest BCUT2D eigenvalue weighted by atomic mass is 35.5. The Morgan fingerprint density at radius 1 is 1.42 bits per heavy atom. The Balaban J connectivity index is 1.70. The second kappa shape index (κ2) is 8.11. The van der Waals surface area contributed by atoms with Crippen LogP contribution < -0.4 is 21.7 Å². The summed E-state index contributed by atoms with van der Waals surface area (Å²) < 4.78 is 1.51. The number of imidazole rings is 1. The second-order valence-electron chi connectivity index (χ2n) is 7.87. The van der Waals surface area contributed by atoms with Crippen LogP contribution in [-0.2, 0) is 0 Å². The van der Waals surface area contributed by atoms with E-state index < -0.39 is 5.69 Å². The van der Waals surface area contributed by atoms with Crippen molar-refractivity contribution in [2.75, 3.05) is 5.32 Å².